The largest absolute Gasteiger partial charge is 0.443 e. The van der Waals surface area contributed by atoms with Gasteiger partial charge in [-0.1, -0.05) is 15.9 Å². The maximum atomic E-state index is 14.2. The van der Waals surface area contributed by atoms with Gasteiger partial charge in [-0.2, -0.15) is 4.90 Å². The van der Waals surface area contributed by atoms with Gasteiger partial charge in [0.2, 0.25) is 0 Å². The number of nitrogens with zero attached hydrogens (tertiary/aromatic N) is 2. The van der Waals surface area contributed by atoms with Crippen molar-refractivity contribution in [3.05, 3.63) is 23.6 Å². The Morgan fingerprint density at radius 2 is 1.54 bits per heavy atom. The van der Waals surface area contributed by atoms with Crippen LogP contribution in [-0.2, 0) is 14.8 Å². The van der Waals surface area contributed by atoms with Gasteiger partial charge in [0.15, 0.2) is 11.6 Å². The monoisotopic (exact) mass is 404 g/mol. The molecule has 6 nitrogen and oxygen atoms in total. The molecule has 0 bridgehead atoms. The Morgan fingerprint density at radius 3 is 1.92 bits per heavy atom. The molecule has 0 N–H and O–H groups in total. The molecule has 1 rings (SSSR count). The molecule has 0 fully saturated rings. The fourth-order valence-corrected chi connectivity index (χ4v) is 1.88. The van der Waals surface area contributed by atoms with Crippen LogP contribution in [-0.4, -0.2) is 28.4 Å². The maximum absolute atomic E-state index is 14.2. The highest BCUT2D eigenvalue weighted by Crippen LogP contribution is 2.23. The van der Waals surface area contributed by atoms with Crippen molar-refractivity contribution in [2.75, 3.05) is 4.90 Å². The molecule has 0 aliphatic rings. The van der Waals surface area contributed by atoms with Crippen molar-refractivity contribution in [3.8, 4) is 0 Å². The van der Waals surface area contributed by atoms with Crippen molar-refractivity contribution in [1.29, 1.82) is 0 Å². The minimum Gasteiger partial charge on any atom is -0.443 e. The Kier molecular flexibility index (Phi) is 6.32. The Hall–Kier alpha value is -1.70. The second-order valence-electron chi connectivity index (χ2n) is 7.04. The number of hydrogen-bond acceptors (Lipinski definition) is 5. The van der Waals surface area contributed by atoms with Gasteiger partial charge >= 0.3 is 12.2 Å². The van der Waals surface area contributed by atoms with E-state index in [1.165, 1.54) is 6.07 Å². The Labute approximate surface area is 149 Å². The lowest BCUT2D eigenvalue weighted by atomic mass is 10.2. The maximum Gasteiger partial charge on any atom is 0.425 e. The lowest BCUT2D eigenvalue weighted by molar-refractivity contribution is 0.0427. The summed E-state index contributed by atoms with van der Waals surface area (Å²) in [6.45, 7) is 9.81. The summed E-state index contributed by atoms with van der Waals surface area (Å²) in [4.78, 5) is 29.3. The van der Waals surface area contributed by atoms with Crippen molar-refractivity contribution >= 4 is 33.9 Å². The Morgan fingerprint density at radius 1 is 1.08 bits per heavy atom. The average Bonchev–Trinajstić information content (AvgIpc) is 2.37. The van der Waals surface area contributed by atoms with Crippen LogP contribution in [0.25, 0.3) is 0 Å². The molecule has 2 amide bonds. The topological polar surface area (TPSA) is 68.7 Å². The molecule has 1 aromatic rings. The summed E-state index contributed by atoms with van der Waals surface area (Å²) < 4.78 is 24.6. The number of rotatable bonds is 2. The highest BCUT2D eigenvalue weighted by molar-refractivity contribution is 9.08. The molecule has 0 aromatic carbocycles. The fourth-order valence-electron chi connectivity index (χ4n) is 1.56. The molecule has 8 heteroatoms. The van der Waals surface area contributed by atoms with E-state index in [9.17, 15) is 14.0 Å². The third-order valence-corrected chi connectivity index (χ3v) is 2.96. The van der Waals surface area contributed by atoms with Gasteiger partial charge in [0, 0.05) is 5.33 Å². The van der Waals surface area contributed by atoms with Crippen LogP contribution in [0, 0.1) is 5.82 Å². The van der Waals surface area contributed by atoms with Crippen molar-refractivity contribution in [1.82, 2.24) is 4.98 Å². The van der Waals surface area contributed by atoms with Gasteiger partial charge in [-0.25, -0.2) is 19.0 Å². The number of imide groups is 1. The molecule has 0 spiro atoms. The molecular formula is C16H22BrFN2O4. The minimum absolute atomic E-state index is 0.330. The zero-order chi connectivity index (χ0) is 18.7. The van der Waals surface area contributed by atoms with E-state index in [1.807, 2.05) is 0 Å². The predicted molar refractivity (Wildman–Crippen MR) is 91.8 cm³/mol. The molecule has 0 aliphatic heterocycles. The normalized spacial score (nSPS) is 11.8. The average molecular weight is 405 g/mol. The van der Waals surface area contributed by atoms with E-state index >= 15 is 0 Å². The summed E-state index contributed by atoms with van der Waals surface area (Å²) in [7, 11) is 0. The van der Waals surface area contributed by atoms with E-state index in [4.69, 9.17) is 9.47 Å². The van der Waals surface area contributed by atoms with Crippen LogP contribution in [0.2, 0.25) is 0 Å². The molecule has 0 saturated heterocycles. The first-order valence-electron chi connectivity index (χ1n) is 7.31. The van der Waals surface area contributed by atoms with Crippen LogP contribution in [0.4, 0.5) is 19.8 Å². The van der Waals surface area contributed by atoms with Crippen LogP contribution in [0.15, 0.2) is 12.1 Å². The smallest absolute Gasteiger partial charge is 0.425 e. The number of ether oxygens (including phenoxy) is 2. The first-order valence-corrected chi connectivity index (χ1v) is 8.43. The number of alkyl halides is 1. The molecule has 0 unspecified atom stereocenters. The van der Waals surface area contributed by atoms with Crippen LogP contribution in [0.5, 0.6) is 0 Å². The zero-order valence-corrected chi connectivity index (χ0v) is 16.2. The first kappa shape index (κ1) is 20.3. The lowest BCUT2D eigenvalue weighted by Crippen LogP contribution is -2.44. The van der Waals surface area contributed by atoms with Crippen molar-refractivity contribution in [2.24, 2.45) is 0 Å². The fraction of sp³-hybridized carbons (Fsp3) is 0.562. The SMILES string of the molecule is CC(C)(C)OC(=O)N(C(=O)OC(C)(C)C)c1nc(CBr)ccc1F. The highest BCUT2D eigenvalue weighted by Gasteiger charge is 2.35. The summed E-state index contributed by atoms with van der Waals surface area (Å²) in [5, 5.41) is 0.330. The number of hydrogen-bond donors (Lipinski definition) is 0. The molecule has 0 aliphatic carbocycles. The second kappa shape index (κ2) is 7.46. The van der Waals surface area contributed by atoms with Crippen LogP contribution < -0.4 is 4.90 Å². The van der Waals surface area contributed by atoms with E-state index in [2.05, 4.69) is 20.9 Å². The second-order valence-corrected chi connectivity index (χ2v) is 7.60. The van der Waals surface area contributed by atoms with Crippen molar-refractivity contribution < 1.29 is 23.5 Å². The van der Waals surface area contributed by atoms with Gasteiger partial charge in [0.25, 0.3) is 0 Å². The van der Waals surface area contributed by atoms with Crippen molar-refractivity contribution in [2.45, 2.75) is 58.1 Å². The standard InChI is InChI=1S/C16H22BrFN2O4/c1-15(2,3)23-13(21)20(14(22)24-16(4,5)6)12-11(18)8-7-10(9-17)19-12/h7-8H,9H2,1-6H3. The highest BCUT2D eigenvalue weighted by atomic mass is 79.9. The van der Waals surface area contributed by atoms with Gasteiger partial charge in [0.05, 0.1) is 5.69 Å². The Bertz CT molecular complexity index is 595. The van der Waals surface area contributed by atoms with Crippen LogP contribution in [0.1, 0.15) is 47.2 Å². The number of carbonyl (C=O) groups excluding carboxylic acids is 2. The number of carbonyl (C=O) groups is 2. The number of amides is 2. The van der Waals surface area contributed by atoms with Crippen LogP contribution in [0.3, 0.4) is 0 Å². The summed E-state index contributed by atoms with van der Waals surface area (Å²) in [6, 6.07) is 2.57. The van der Waals surface area contributed by atoms with Gasteiger partial charge in [-0.3, -0.25) is 0 Å². The van der Waals surface area contributed by atoms with E-state index in [1.54, 1.807) is 41.5 Å². The number of pyridine rings is 1. The first-order chi connectivity index (χ1) is 10.8. The van der Waals surface area contributed by atoms with E-state index in [-0.39, 0.29) is 0 Å². The van der Waals surface area contributed by atoms with E-state index < -0.39 is 35.0 Å². The summed E-state index contributed by atoms with van der Waals surface area (Å²) >= 11 is 3.20. The van der Waals surface area contributed by atoms with Gasteiger partial charge < -0.3 is 9.47 Å². The van der Waals surface area contributed by atoms with E-state index in [0.717, 1.165) is 6.07 Å². The molecule has 134 valence electrons. The third-order valence-electron chi connectivity index (χ3n) is 2.39. The zero-order valence-electron chi connectivity index (χ0n) is 14.6. The molecule has 0 atom stereocenters. The molecule has 1 aromatic heterocycles. The van der Waals surface area contributed by atoms with E-state index in [0.29, 0.717) is 15.9 Å². The van der Waals surface area contributed by atoms with Gasteiger partial charge in [0.1, 0.15) is 11.2 Å². The van der Waals surface area contributed by atoms with Crippen LogP contribution >= 0.6 is 15.9 Å². The van der Waals surface area contributed by atoms with Gasteiger partial charge in [-0.15, -0.1) is 0 Å². The summed E-state index contributed by atoms with van der Waals surface area (Å²) in [5.41, 5.74) is -1.30. The quantitative estimate of drug-likeness (QED) is 0.662. The molecule has 24 heavy (non-hydrogen) atoms. The molecule has 0 saturated carbocycles. The summed E-state index contributed by atoms with van der Waals surface area (Å²) in [6.07, 6.45) is -2.12. The minimum atomic E-state index is -1.06. The van der Waals surface area contributed by atoms with Crippen molar-refractivity contribution in [3.63, 3.8) is 0 Å². The van der Waals surface area contributed by atoms with Gasteiger partial charge in [-0.05, 0) is 53.7 Å². The summed E-state index contributed by atoms with van der Waals surface area (Å²) in [5.74, 6) is -1.30. The molecule has 0 radical (unpaired) electrons. The number of halogens is 2. The predicted octanol–water partition coefficient (Wildman–Crippen LogP) is 4.79. The third kappa shape index (κ3) is 6.07. The Balaban J connectivity index is 3.33. The molecular weight excluding hydrogens is 383 g/mol. The molecule has 1 heterocycles. The number of anilines is 1. The number of aromatic nitrogens is 1. The lowest BCUT2D eigenvalue weighted by Gasteiger charge is -2.28.